The van der Waals surface area contributed by atoms with E-state index < -0.39 is 10.9 Å². The van der Waals surface area contributed by atoms with E-state index in [0.29, 0.717) is 0 Å². The normalized spacial score (nSPS) is 16.4. The highest BCUT2D eigenvalue weighted by Gasteiger charge is 2.25. The lowest BCUT2D eigenvalue weighted by atomic mass is 9.66. The monoisotopic (exact) mass is 304 g/mol. The molecule has 0 aliphatic carbocycles. The summed E-state index contributed by atoms with van der Waals surface area (Å²) in [6.07, 6.45) is 8.94. The van der Waals surface area contributed by atoms with Crippen molar-refractivity contribution in [3.05, 3.63) is 45.9 Å². The minimum Gasteiger partial charge on any atom is -0.386 e. The molecule has 0 rings (SSSR count). The summed E-state index contributed by atoms with van der Waals surface area (Å²) in [6, 6.07) is 0. The molecule has 1 N–H and O–H groups in total. The molecular weight excluding hydrogens is 275 g/mol. The van der Waals surface area contributed by atoms with Gasteiger partial charge in [0.1, 0.15) is 0 Å². The summed E-state index contributed by atoms with van der Waals surface area (Å²) in [5, 5.41) is 9.98. The number of aliphatic hydroxyl groups is 1. The molecule has 2 radical (unpaired) electrons. The van der Waals surface area contributed by atoms with Crippen LogP contribution in [0.5, 0.6) is 0 Å². The SMILES string of the molecule is [B]C(C)(C)/C(C)=C(S)/C(=C\CC(/C=C\C)=C/C)C(C)(C)O. The molecule has 0 bridgehead atoms. The summed E-state index contributed by atoms with van der Waals surface area (Å²) in [4.78, 5) is 0.769. The lowest BCUT2D eigenvalue weighted by Crippen LogP contribution is -2.23. The highest BCUT2D eigenvalue weighted by Crippen LogP contribution is 2.38. The fourth-order valence-electron chi connectivity index (χ4n) is 1.86. The van der Waals surface area contributed by atoms with Crippen LogP contribution in [-0.2, 0) is 0 Å². The van der Waals surface area contributed by atoms with Crippen LogP contribution in [0.4, 0.5) is 0 Å². The van der Waals surface area contributed by atoms with Crippen LogP contribution in [0.1, 0.15) is 54.9 Å². The van der Waals surface area contributed by atoms with Gasteiger partial charge < -0.3 is 5.11 Å². The minimum atomic E-state index is -0.960. The van der Waals surface area contributed by atoms with Crippen LogP contribution in [0.3, 0.4) is 0 Å². The lowest BCUT2D eigenvalue weighted by Gasteiger charge is -2.28. The molecule has 0 aliphatic rings. The second-order valence-electron chi connectivity index (χ2n) is 6.44. The maximum atomic E-state index is 10.4. The van der Waals surface area contributed by atoms with Gasteiger partial charge in [-0.1, -0.05) is 49.0 Å². The molecule has 0 atom stereocenters. The molecule has 3 heteroatoms. The van der Waals surface area contributed by atoms with Crippen LogP contribution in [0.2, 0.25) is 5.31 Å². The van der Waals surface area contributed by atoms with E-state index in [1.54, 1.807) is 13.8 Å². The Balaban J connectivity index is 5.74. The van der Waals surface area contributed by atoms with Crippen molar-refractivity contribution in [3.8, 4) is 0 Å². The first-order valence-corrected chi connectivity index (χ1v) is 7.80. The minimum absolute atomic E-state index is 0.464. The van der Waals surface area contributed by atoms with Crippen molar-refractivity contribution in [2.75, 3.05) is 0 Å². The predicted molar refractivity (Wildman–Crippen MR) is 99.0 cm³/mol. The largest absolute Gasteiger partial charge is 0.386 e. The Morgan fingerprint density at radius 3 is 2.05 bits per heavy atom. The zero-order valence-electron chi connectivity index (χ0n) is 14.5. The summed E-state index contributed by atoms with van der Waals surface area (Å²) in [6.45, 7) is 13.4. The third-order valence-corrected chi connectivity index (χ3v) is 4.11. The van der Waals surface area contributed by atoms with Gasteiger partial charge in [0.05, 0.1) is 13.4 Å². The van der Waals surface area contributed by atoms with Gasteiger partial charge in [-0.2, -0.15) is 0 Å². The van der Waals surface area contributed by atoms with Gasteiger partial charge in [-0.15, -0.1) is 12.6 Å². The van der Waals surface area contributed by atoms with Crippen LogP contribution in [0, 0.1) is 0 Å². The van der Waals surface area contributed by atoms with Gasteiger partial charge in [-0.25, -0.2) is 0 Å². The van der Waals surface area contributed by atoms with Crippen LogP contribution < -0.4 is 0 Å². The quantitative estimate of drug-likeness (QED) is 0.394. The molecule has 116 valence electrons. The zero-order valence-corrected chi connectivity index (χ0v) is 15.4. The van der Waals surface area contributed by atoms with Crippen molar-refractivity contribution >= 4 is 20.5 Å². The smallest absolute Gasteiger partial charge is 0.0848 e. The summed E-state index contributed by atoms with van der Waals surface area (Å²) in [7, 11) is 6.15. The molecule has 1 nitrogen and oxygen atoms in total. The van der Waals surface area contributed by atoms with Crippen molar-refractivity contribution in [3.63, 3.8) is 0 Å². The first kappa shape index (κ1) is 20.3. The number of hydrogen-bond donors (Lipinski definition) is 2. The third kappa shape index (κ3) is 6.75. The highest BCUT2D eigenvalue weighted by atomic mass is 32.1. The molecule has 0 aromatic heterocycles. The van der Waals surface area contributed by atoms with Crippen LogP contribution >= 0.6 is 12.6 Å². The van der Waals surface area contributed by atoms with E-state index in [4.69, 9.17) is 7.85 Å². The van der Waals surface area contributed by atoms with Crippen molar-refractivity contribution in [1.82, 2.24) is 0 Å². The first-order valence-electron chi connectivity index (χ1n) is 7.35. The molecule has 0 aromatic rings. The van der Waals surface area contributed by atoms with Gasteiger partial charge in [0.15, 0.2) is 0 Å². The summed E-state index contributed by atoms with van der Waals surface area (Å²) < 4.78 is 0. The molecule has 0 saturated carbocycles. The summed E-state index contributed by atoms with van der Waals surface area (Å²) >= 11 is 4.62. The Hall–Kier alpha value is -0.665. The van der Waals surface area contributed by atoms with E-state index >= 15 is 0 Å². The molecule has 0 amide bonds. The Bertz CT molecular complexity index is 468. The summed E-state index contributed by atoms with van der Waals surface area (Å²) in [5.74, 6) is 0. The standard InChI is InChI=1S/C18H29BOS/c1-8-10-14(9-2)11-12-15(18(6,7)20)16(21)13(3)17(4,5)19/h8-10,12,20-21H,11H2,1-7H3/b10-8-,14-9+,15-12+,16-13-. The van der Waals surface area contributed by atoms with Crippen LogP contribution in [0.15, 0.2) is 45.9 Å². The summed E-state index contributed by atoms with van der Waals surface area (Å²) in [5.41, 5.74) is 2.02. The lowest BCUT2D eigenvalue weighted by molar-refractivity contribution is 0.123. The average molecular weight is 304 g/mol. The van der Waals surface area contributed by atoms with Gasteiger partial charge >= 0.3 is 0 Å². The topological polar surface area (TPSA) is 20.2 Å². The number of hydrogen-bond acceptors (Lipinski definition) is 2. The predicted octanol–water partition coefficient (Wildman–Crippen LogP) is 5.17. The maximum absolute atomic E-state index is 10.4. The number of rotatable bonds is 6. The molecule has 0 unspecified atom stereocenters. The van der Waals surface area contributed by atoms with E-state index in [9.17, 15) is 5.11 Å². The third-order valence-electron chi connectivity index (χ3n) is 3.53. The van der Waals surface area contributed by atoms with E-state index in [2.05, 4.69) is 24.8 Å². The van der Waals surface area contributed by atoms with Crippen LogP contribution in [0.25, 0.3) is 0 Å². The number of thiol groups is 1. The fraction of sp³-hybridized carbons (Fsp3) is 0.556. The molecule has 0 fully saturated rings. The molecular formula is C18H29BOS. The van der Waals surface area contributed by atoms with Crippen molar-refractivity contribution in [2.24, 2.45) is 0 Å². The number of allylic oxidation sites excluding steroid dienone is 6. The zero-order chi connectivity index (χ0) is 16.8. The van der Waals surface area contributed by atoms with E-state index in [1.165, 1.54) is 5.57 Å². The van der Waals surface area contributed by atoms with Gasteiger partial charge in [0, 0.05) is 4.91 Å². The Morgan fingerprint density at radius 2 is 1.71 bits per heavy atom. The Labute approximate surface area is 137 Å². The fourth-order valence-corrected chi connectivity index (χ4v) is 2.51. The first-order chi connectivity index (χ1) is 9.45. The van der Waals surface area contributed by atoms with E-state index in [0.717, 1.165) is 22.5 Å². The van der Waals surface area contributed by atoms with Crippen LogP contribution in [-0.4, -0.2) is 18.6 Å². The van der Waals surface area contributed by atoms with Gasteiger partial charge in [0.2, 0.25) is 0 Å². The molecule has 0 heterocycles. The maximum Gasteiger partial charge on any atom is 0.0848 e. The van der Waals surface area contributed by atoms with E-state index in [-0.39, 0.29) is 0 Å². The highest BCUT2D eigenvalue weighted by molar-refractivity contribution is 7.84. The second kappa shape index (κ2) is 8.10. The molecule has 0 aromatic carbocycles. The van der Waals surface area contributed by atoms with Crippen molar-refractivity contribution < 1.29 is 5.11 Å². The second-order valence-corrected chi connectivity index (χ2v) is 6.89. The Kier molecular flexibility index (Phi) is 7.84. The van der Waals surface area contributed by atoms with Gasteiger partial charge in [-0.05, 0) is 52.2 Å². The Morgan fingerprint density at radius 1 is 1.19 bits per heavy atom. The molecule has 0 saturated heterocycles. The van der Waals surface area contributed by atoms with Crippen molar-refractivity contribution in [1.29, 1.82) is 0 Å². The molecule has 0 spiro atoms. The molecule has 21 heavy (non-hydrogen) atoms. The molecule has 0 aliphatic heterocycles. The average Bonchev–Trinajstić information content (AvgIpc) is 2.33. The van der Waals surface area contributed by atoms with E-state index in [1.807, 2.05) is 46.8 Å². The van der Waals surface area contributed by atoms with Crippen molar-refractivity contribution in [2.45, 2.75) is 65.8 Å². The van der Waals surface area contributed by atoms with Gasteiger partial charge in [-0.3, -0.25) is 0 Å². The van der Waals surface area contributed by atoms with Gasteiger partial charge in [0.25, 0.3) is 0 Å².